The first kappa shape index (κ1) is 22.0. The van der Waals surface area contributed by atoms with Crippen LogP contribution >= 0.6 is 11.8 Å². The summed E-state index contributed by atoms with van der Waals surface area (Å²) in [7, 11) is 0. The largest absolute Gasteiger partial charge is 0.391 e. The molecule has 2 N–H and O–H groups in total. The molecule has 1 aliphatic rings. The Kier molecular flexibility index (Phi) is 6.97. The van der Waals surface area contributed by atoms with E-state index in [0.29, 0.717) is 17.9 Å². The molecule has 170 valence electrons. The summed E-state index contributed by atoms with van der Waals surface area (Å²) in [6.45, 7) is 4.48. The first-order chi connectivity index (χ1) is 16.3. The lowest BCUT2D eigenvalue weighted by molar-refractivity contribution is 0.0708. The minimum absolute atomic E-state index is 0.254. The molecule has 1 fully saturated rings. The maximum Gasteiger partial charge on any atom is 0.181 e. The number of aromatic amines is 1. The third-order valence-corrected chi connectivity index (χ3v) is 7.21. The van der Waals surface area contributed by atoms with E-state index < -0.39 is 6.10 Å². The van der Waals surface area contributed by atoms with Crippen molar-refractivity contribution < 1.29 is 5.11 Å². The maximum absolute atomic E-state index is 10.7. The van der Waals surface area contributed by atoms with Crippen molar-refractivity contribution in [1.29, 1.82) is 0 Å². The third-order valence-electron chi connectivity index (χ3n) is 6.07. The van der Waals surface area contributed by atoms with Crippen LogP contribution in [0.5, 0.6) is 0 Å². The zero-order valence-electron chi connectivity index (χ0n) is 18.4. The van der Waals surface area contributed by atoms with Crippen LogP contribution in [0.2, 0.25) is 0 Å². The number of hydrogen-bond donors (Lipinski definition) is 2. The van der Waals surface area contributed by atoms with Crippen molar-refractivity contribution >= 4 is 22.9 Å². The molecule has 0 bridgehead atoms. The van der Waals surface area contributed by atoms with E-state index in [1.807, 2.05) is 0 Å². The van der Waals surface area contributed by atoms with Gasteiger partial charge in [0.2, 0.25) is 0 Å². The van der Waals surface area contributed by atoms with Crippen LogP contribution in [0.25, 0.3) is 11.2 Å². The van der Waals surface area contributed by atoms with Crippen molar-refractivity contribution in [3.63, 3.8) is 0 Å². The number of H-pyrrole nitrogens is 1. The highest BCUT2D eigenvalue weighted by Crippen LogP contribution is 2.29. The third kappa shape index (κ3) is 5.25. The molecule has 3 heterocycles. The van der Waals surface area contributed by atoms with Crippen molar-refractivity contribution in [1.82, 2.24) is 29.7 Å². The van der Waals surface area contributed by atoms with E-state index in [-0.39, 0.29) is 6.04 Å². The first-order valence-corrected chi connectivity index (χ1v) is 12.3. The van der Waals surface area contributed by atoms with Gasteiger partial charge in [0.25, 0.3) is 0 Å². The summed E-state index contributed by atoms with van der Waals surface area (Å²) in [5.74, 6) is 0.585. The highest BCUT2D eigenvalue weighted by Gasteiger charge is 2.27. The Morgan fingerprint density at radius 1 is 0.879 bits per heavy atom. The molecule has 4 aromatic rings. The summed E-state index contributed by atoms with van der Waals surface area (Å²) in [5.41, 5.74) is 4.13. The number of aliphatic hydroxyl groups is 1. The average Bonchev–Trinajstić information content (AvgIpc) is 3.35. The number of aromatic nitrogens is 4. The van der Waals surface area contributed by atoms with Crippen molar-refractivity contribution in [3.8, 4) is 0 Å². The Labute approximate surface area is 197 Å². The summed E-state index contributed by atoms with van der Waals surface area (Å²) in [5, 5.41) is 11.5. The molecule has 8 heteroatoms. The van der Waals surface area contributed by atoms with Crippen LogP contribution < -0.4 is 0 Å². The van der Waals surface area contributed by atoms with E-state index in [1.165, 1.54) is 17.5 Å². The number of nitrogens with zero attached hydrogens (tertiary/aromatic N) is 5. The van der Waals surface area contributed by atoms with Gasteiger partial charge in [-0.3, -0.25) is 9.80 Å². The van der Waals surface area contributed by atoms with E-state index in [9.17, 15) is 5.11 Å². The highest BCUT2D eigenvalue weighted by molar-refractivity contribution is 7.99. The summed E-state index contributed by atoms with van der Waals surface area (Å²) < 4.78 is 0. The summed E-state index contributed by atoms with van der Waals surface area (Å²) in [6, 6.07) is 21.7. The van der Waals surface area contributed by atoms with Gasteiger partial charge in [-0.1, -0.05) is 60.7 Å². The molecule has 1 saturated heterocycles. The maximum atomic E-state index is 10.7. The number of aliphatic hydroxyl groups excluding tert-OH is 1. The van der Waals surface area contributed by atoms with Gasteiger partial charge in [0.15, 0.2) is 5.65 Å². The number of piperazine rings is 1. The second-order valence-corrected chi connectivity index (χ2v) is 9.31. The summed E-state index contributed by atoms with van der Waals surface area (Å²) >= 11 is 1.54. The quantitative estimate of drug-likeness (QED) is 0.309. The van der Waals surface area contributed by atoms with Crippen molar-refractivity contribution in [2.45, 2.75) is 17.2 Å². The minimum atomic E-state index is -0.423. The molecule has 0 radical (unpaired) electrons. The van der Waals surface area contributed by atoms with Crippen LogP contribution in [0.4, 0.5) is 0 Å². The van der Waals surface area contributed by atoms with E-state index in [2.05, 4.69) is 90.4 Å². The Balaban J connectivity index is 1.17. The lowest BCUT2D eigenvalue weighted by atomic mass is 9.96. The minimum Gasteiger partial charge on any atom is -0.391 e. The Morgan fingerprint density at radius 2 is 1.55 bits per heavy atom. The Hall–Kier alpha value is -2.78. The van der Waals surface area contributed by atoms with Gasteiger partial charge in [0, 0.05) is 38.5 Å². The zero-order valence-corrected chi connectivity index (χ0v) is 19.2. The fourth-order valence-electron chi connectivity index (χ4n) is 4.47. The van der Waals surface area contributed by atoms with Gasteiger partial charge < -0.3 is 10.1 Å². The fourth-order valence-corrected chi connectivity index (χ4v) is 5.34. The molecule has 0 spiro atoms. The van der Waals surface area contributed by atoms with Gasteiger partial charge >= 0.3 is 0 Å². The molecule has 2 aromatic heterocycles. The predicted molar refractivity (Wildman–Crippen MR) is 131 cm³/mol. The molecule has 5 rings (SSSR count). The summed E-state index contributed by atoms with van der Waals surface area (Å²) in [4.78, 5) is 20.6. The molecule has 1 atom stereocenters. The molecule has 1 aliphatic heterocycles. The van der Waals surface area contributed by atoms with E-state index in [0.717, 1.165) is 36.7 Å². The van der Waals surface area contributed by atoms with Gasteiger partial charge in [-0.25, -0.2) is 15.0 Å². The van der Waals surface area contributed by atoms with Gasteiger partial charge in [0.1, 0.15) is 16.9 Å². The average molecular weight is 461 g/mol. The second-order valence-electron chi connectivity index (χ2n) is 8.31. The normalized spacial score (nSPS) is 16.4. The predicted octanol–water partition coefficient (Wildman–Crippen LogP) is 3.21. The molecular weight excluding hydrogens is 432 g/mol. The monoisotopic (exact) mass is 460 g/mol. The van der Waals surface area contributed by atoms with Gasteiger partial charge in [-0.15, -0.1) is 11.8 Å². The van der Waals surface area contributed by atoms with Crippen LogP contribution in [0.1, 0.15) is 17.2 Å². The number of fused-ring (bicyclic) bond motifs is 1. The molecule has 33 heavy (non-hydrogen) atoms. The topological polar surface area (TPSA) is 81.2 Å². The standard InChI is InChI=1S/C25H28N6OS/c32-21(16-33-25-22-24(27-17-26-22)28-18-29-25)15-30-11-13-31(14-12-30)23(19-7-3-1-4-8-19)20-9-5-2-6-10-20/h1-10,17-18,21,23,32H,11-16H2,(H,26,27,28,29). The van der Waals surface area contributed by atoms with Crippen molar-refractivity contribution in [2.75, 3.05) is 38.5 Å². The first-order valence-electron chi connectivity index (χ1n) is 11.3. The number of hydrogen-bond acceptors (Lipinski definition) is 7. The van der Waals surface area contributed by atoms with E-state index in [1.54, 1.807) is 18.1 Å². The van der Waals surface area contributed by atoms with E-state index in [4.69, 9.17) is 0 Å². The summed E-state index contributed by atoms with van der Waals surface area (Å²) in [6.07, 6.45) is 2.72. The van der Waals surface area contributed by atoms with Gasteiger partial charge in [-0.2, -0.15) is 0 Å². The van der Waals surface area contributed by atoms with Crippen molar-refractivity contribution in [3.05, 3.63) is 84.4 Å². The number of benzene rings is 2. The van der Waals surface area contributed by atoms with Crippen LogP contribution in [-0.4, -0.2) is 79.4 Å². The number of nitrogens with one attached hydrogen (secondary N) is 1. The molecule has 2 aromatic carbocycles. The van der Waals surface area contributed by atoms with Crippen LogP contribution in [0, 0.1) is 0 Å². The van der Waals surface area contributed by atoms with Gasteiger partial charge in [0.05, 0.1) is 18.5 Å². The zero-order chi connectivity index (χ0) is 22.5. The number of rotatable bonds is 8. The SMILES string of the molecule is OC(CSc1ncnc2nc[nH]c12)CN1CCN(C(c2ccccc2)c2ccccc2)CC1. The molecule has 0 aliphatic carbocycles. The lowest BCUT2D eigenvalue weighted by Crippen LogP contribution is -2.49. The van der Waals surface area contributed by atoms with Crippen LogP contribution in [-0.2, 0) is 0 Å². The molecule has 1 unspecified atom stereocenters. The van der Waals surface area contributed by atoms with E-state index >= 15 is 0 Å². The lowest BCUT2D eigenvalue weighted by Gasteiger charge is -2.40. The smallest absolute Gasteiger partial charge is 0.181 e. The highest BCUT2D eigenvalue weighted by atomic mass is 32.2. The van der Waals surface area contributed by atoms with Crippen LogP contribution in [0.15, 0.2) is 78.3 Å². The number of β-amino-alcohol motifs (C(OH)–C–C–N with tert-alkyl or cyclic N) is 1. The second kappa shape index (κ2) is 10.4. The Morgan fingerprint density at radius 3 is 2.21 bits per heavy atom. The molecule has 0 saturated carbocycles. The Bertz CT molecular complexity index is 1110. The number of thioether (sulfide) groups is 1. The molecule has 7 nitrogen and oxygen atoms in total. The molecule has 0 amide bonds. The fraction of sp³-hybridized carbons (Fsp3) is 0.320. The van der Waals surface area contributed by atoms with Crippen LogP contribution in [0.3, 0.4) is 0 Å². The number of imidazole rings is 1. The van der Waals surface area contributed by atoms with Crippen molar-refractivity contribution in [2.24, 2.45) is 0 Å². The van der Waals surface area contributed by atoms with Gasteiger partial charge in [-0.05, 0) is 11.1 Å². The molecular formula is C25H28N6OS.